The molecule has 0 saturated carbocycles. The monoisotopic (exact) mass is 486 g/mol. The number of hydrogen-bond acceptors (Lipinski definition) is 5. The zero-order valence-corrected chi connectivity index (χ0v) is 20.7. The fourth-order valence-corrected chi connectivity index (χ4v) is 4.13. The maximum absolute atomic E-state index is 12.8. The van der Waals surface area contributed by atoms with Crippen LogP contribution in [-0.4, -0.2) is 36.3 Å². The van der Waals surface area contributed by atoms with E-state index in [9.17, 15) is 9.59 Å². The highest BCUT2D eigenvalue weighted by Gasteiger charge is 2.22. The van der Waals surface area contributed by atoms with Gasteiger partial charge in [0.25, 0.3) is 5.91 Å². The summed E-state index contributed by atoms with van der Waals surface area (Å²) < 4.78 is 18.6. The number of carbonyl (C=O) groups excluding carboxylic acids is 2. The summed E-state index contributed by atoms with van der Waals surface area (Å²) in [5.74, 6) is 0.568. The molecule has 0 unspecified atom stereocenters. The highest BCUT2D eigenvalue weighted by molar-refractivity contribution is 6.06. The number of carbonyl (C=O) groups is 2. The van der Waals surface area contributed by atoms with Gasteiger partial charge in [0.2, 0.25) is 0 Å². The lowest BCUT2D eigenvalue weighted by Crippen LogP contribution is -2.20. The van der Waals surface area contributed by atoms with Crippen molar-refractivity contribution < 1.29 is 23.8 Å². The van der Waals surface area contributed by atoms with Gasteiger partial charge < -0.3 is 24.1 Å². The average Bonchev–Trinajstić information content (AvgIpc) is 3.15. The van der Waals surface area contributed by atoms with Crippen molar-refractivity contribution in [3.63, 3.8) is 0 Å². The number of ether oxygens (including phenoxy) is 3. The lowest BCUT2D eigenvalue weighted by atomic mass is 10.1. The minimum absolute atomic E-state index is 0.169. The Kier molecular flexibility index (Phi) is 7.90. The lowest BCUT2D eigenvalue weighted by molar-refractivity contribution is -0.118. The molecule has 0 radical (unpaired) electrons. The minimum atomic E-state index is -0.378. The first-order valence-electron chi connectivity index (χ1n) is 12.0. The second-order valence-electron chi connectivity index (χ2n) is 8.23. The van der Waals surface area contributed by atoms with Gasteiger partial charge in [-0.1, -0.05) is 30.3 Å². The van der Waals surface area contributed by atoms with E-state index in [1.807, 2.05) is 44.2 Å². The van der Waals surface area contributed by atoms with Crippen molar-refractivity contribution >= 4 is 28.5 Å². The lowest BCUT2D eigenvalue weighted by Gasteiger charge is -2.10. The van der Waals surface area contributed by atoms with Crippen LogP contribution in [0.1, 0.15) is 35.5 Å². The Morgan fingerprint density at radius 2 is 1.58 bits per heavy atom. The molecule has 7 heteroatoms. The standard InChI is InChI=1S/C29H30N2O5/c1-4-34-23-13-11-22(12-14-23)30-27(32)19-36-24-15-16-26-25(17-24)28(29(33)35-5-2)20(3)31(26)18-21-9-7-6-8-10-21/h6-17H,4-5,18-19H2,1-3H3,(H,30,32). The van der Waals surface area contributed by atoms with Gasteiger partial charge in [0.05, 0.1) is 18.8 Å². The van der Waals surface area contributed by atoms with E-state index in [0.717, 1.165) is 27.9 Å². The summed E-state index contributed by atoms with van der Waals surface area (Å²) in [5.41, 5.74) is 4.00. The van der Waals surface area contributed by atoms with E-state index < -0.39 is 0 Å². The molecular formula is C29H30N2O5. The summed E-state index contributed by atoms with van der Waals surface area (Å²) in [5, 5.41) is 3.54. The number of amides is 1. The number of rotatable bonds is 10. The fraction of sp³-hybridized carbons (Fsp3) is 0.241. The molecule has 3 aromatic carbocycles. The first kappa shape index (κ1) is 24.9. The van der Waals surface area contributed by atoms with Crippen molar-refractivity contribution in [1.82, 2.24) is 4.57 Å². The normalized spacial score (nSPS) is 10.8. The van der Waals surface area contributed by atoms with Crippen LogP contribution in [0, 0.1) is 6.92 Å². The Morgan fingerprint density at radius 3 is 2.28 bits per heavy atom. The molecule has 0 atom stereocenters. The molecule has 0 aliphatic heterocycles. The largest absolute Gasteiger partial charge is 0.494 e. The van der Waals surface area contributed by atoms with Gasteiger partial charge >= 0.3 is 5.97 Å². The van der Waals surface area contributed by atoms with Crippen molar-refractivity contribution in [2.75, 3.05) is 25.1 Å². The van der Waals surface area contributed by atoms with Gasteiger partial charge in [-0.05, 0) is 68.8 Å². The van der Waals surface area contributed by atoms with Crippen LogP contribution < -0.4 is 14.8 Å². The number of aromatic nitrogens is 1. The van der Waals surface area contributed by atoms with Gasteiger partial charge in [-0.2, -0.15) is 0 Å². The number of esters is 1. The molecule has 0 fully saturated rings. The van der Waals surface area contributed by atoms with Crippen LogP contribution >= 0.6 is 0 Å². The summed E-state index contributed by atoms with van der Waals surface area (Å²) in [6, 6.07) is 22.7. The molecule has 0 aliphatic carbocycles. The number of hydrogen-bond donors (Lipinski definition) is 1. The zero-order chi connectivity index (χ0) is 25.5. The fourth-order valence-electron chi connectivity index (χ4n) is 4.13. The van der Waals surface area contributed by atoms with Gasteiger partial charge in [-0.3, -0.25) is 4.79 Å². The molecule has 1 amide bonds. The Morgan fingerprint density at radius 1 is 0.861 bits per heavy atom. The first-order chi connectivity index (χ1) is 17.5. The number of nitrogens with zero attached hydrogens (tertiary/aromatic N) is 1. The third-order valence-electron chi connectivity index (χ3n) is 5.78. The Balaban J connectivity index is 1.54. The van der Waals surface area contributed by atoms with Crippen molar-refractivity contribution in [1.29, 1.82) is 0 Å². The summed E-state index contributed by atoms with van der Waals surface area (Å²) in [6.07, 6.45) is 0. The number of fused-ring (bicyclic) bond motifs is 1. The Labute approximate surface area is 210 Å². The van der Waals surface area contributed by atoms with E-state index in [4.69, 9.17) is 14.2 Å². The highest BCUT2D eigenvalue weighted by atomic mass is 16.5. The molecule has 1 N–H and O–H groups in total. The van der Waals surface area contributed by atoms with E-state index in [1.54, 1.807) is 37.3 Å². The third-order valence-corrected chi connectivity index (χ3v) is 5.78. The summed E-state index contributed by atoms with van der Waals surface area (Å²) in [4.78, 5) is 25.3. The highest BCUT2D eigenvalue weighted by Crippen LogP contribution is 2.31. The molecule has 0 saturated heterocycles. The molecule has 186 valence electrons. The van der Waals surface area contributed by atoms with E-state index in [1.165, 1.54) is 0 Å². The number of nitrogens with one attached hydrogen (secondary N) is 1. The Bertz CT molecular complexity index is 1340. The maximum Gasteiger partial charge on any atom is 0.340 e. The molecule has 1 aromatic heterocycles. The molecule has 0 spiro atoms. The predicted molar refractivity (Wildman–Crippen MR) is 140 cm³/mol. The molecule has 7 nitrogen and oxygen atoms in total. The first-order valence-corrected chi connectivity index (χ1v) is 12.0. The second kappa shape index (κ2) is 11.4. The van der Waals surface area contributed by atoms with Crippen LogP contribution in [0.25, 0.3) is 10.9 Å². The van der Waals surface area contributed by atoms with E-state index >= 15 is 0 Å². The smallest absolute Gasteiger partial charge is 0.340 e. The van der Waals surface area contributed by atoms with Gasteiger partial charge in [0, 0.05) is 28.8 Å². The van der Waals surface area contributed by atoms with E-state index in [-0.39, 0.29) is 25.1 Å². The molecular weight excluding hydrogens is 456 g/mol. The van der Waals surface area contributed by atoms with Crippen LogP contribution in [0.4, 0.5) is 5.69 Å². The van der Waals surface area contributed by atoms with Crippen LogP contribution in [0.2, 0.25) is 0 Å². The number of benzene rings is 3. The van der Waals surface area contributed by atoms with Crippen LogP contribution in [0.3, 0.4) is 0 Å². The van der Waals surface area contributed by atoms with Gasteiger partial charge in [0.15, 0.2) is 6.61 Å². The van der Waals surface area contributed by atoms with E-state index in [0.29, 0.717) is 30.2 Å². The van der Waals surface area contributed by atoms with Crippen molar-refractivity contribution in [2.24, 2.45) is 0 Å². The van der Waals surface area contributed by atoms with Crippen molar-refractivity contribution in [2.45, 2.75) is 27.3 Å². The number of anilines is 1. The quantitative estimate of drug-likeness (QED) is 0.296. The molecule has 4 aromatic rings. The van der Waals surface area contributed by atoms with Crippen molar-refractivity contribution in [3.8, 4) is 11.5 Å². The topological polar surface area (TPSA) is 78.8 Å². The van der Waals surface area contributed by atoms with Crippen LogP contribution in [-0.2, 0) is 16.1 Å². The summed E-state index contributed by atoms with van der Waals surface area (Å²) in [7, 11) is 0. The molecule has 36 heavy (non-hydrogen) atoms. The van der Waals surface area contributed by atoms with Gasteiger partial charge in [-0.25, -0.2) is 4.79 Å². The second-order valence-corrected chi connectivity index (χ2v) is 8.23. The van der Waals surface area contributed by atoms with Crippen LogP contribution in [0.15, 0.2) is 72.8 Å². The molecule has 1 heterocycles. The van der Waals surface area contributed by atoms with Crippen LogP contribution in [0.5, 0.6) is 11.5 Å². The third kappa shape index (κ3) is 5.68. The van der Waals surface area contributed by atoms with E-state index in [2.05, 4.69) is 22.0 Å². The summed E-state index contributed by atoms with van der Waals surface area (Å²) >= 11 is 0. The zero-order valence-electron chi connectivity index (χ0n) is 20.7. The SMILES string of the molecule is CCOC(=O)c1c(C)n(Cc2ccccc2)c2ccc(OCC(=O)Nc3ccc(OCC)cc3)cc12. The minimum Gasteiger partial charge on any atom is -0.494 e. The van der Waals surface area contributed by atoms with Gasteiger partial charge in [0.1, 0.15) is 11.5 Å². The predicted octanol–water partition coefficient (Wildman–Crippen LogP) is 5.59. The molecule has 0 aliphatic rings. The molecule has 4 rings (SSSR count). The molecule has 0 bridgehead atoms. The average molecular weight is 487 g/mol. The summed E-state index contributed by atoms with van der Waals surface area (Å²) in [6.45, 7) is 6.93. The van der Waals surface area contributed by atoms with Gasteiger partial charge in [-0.15, -0.1) is 0 Å². The maximum atomic E-state index is 12.8. The Hall–Kier alpha value is -4.26. The van der Waals surface area contributed by atoms with Crippen molar-refractivity contribution in [3.05, 3.63) is 89.6 Å².